The van der Waals surface area contributed by atoms with E-state index in [1.165, 1.54) is 5.56 Å². The van der Waals surface area contributed by atoms with Crippen molar-refractivity contribution in [2.45, 2.75) is 13.8 Å². The topological polar surface area (TPSA) is 13.1 Å². The van der Waals surface area contributed by atoms with Crippen LogP contribution in [-0.2, 0) is 20.0 Å². The summed E-state index contributed by atoms with van der Waals surface area (Å²) in [5, 5.41) is 0. The molecule has 0 unspecified atom stereocenters. The van der Waals surface area contributed by atoms with Gasteiger partial charge in [-0.1, -0.05) is 0 Å². The maximum atomic E-state index is 5.27. The molecule has 1 aromatic rings. The van der Waals surface area contributed by atoms with Gasteiger partial charge in [-0.2, -0.15) is 0 Å². The van der Waals surface area contributed by atoms with Gasteiger partial charge in [0.05, 0.1) is 0 Å². The van der Waals surface area contributed by atoms with Crippen LogP contribution in [0.2, 0.25) is 0 Å². The first-order valence-corrected chi connectivity index (χ1v) is 3.71. The Hall–Kier alpha value is -0.136. The van der Waals surface area contributed by atoms with E-state index in [1.807, 2.05) is 44.2 Å². The molecule has 0 aliphatic heterocycles. The Bertz CT molecular complexity index is 225. The van der Waals surface area contributed by atoms with Crippen molar-refractivity contribution in [3.8, 4) is 0 Å². The molecule has 0 atom stereocenters. The van der Waals surface area contributed by atoms with Crippen LogP contribution in [0.15, 0.2) is 10.5 Å². The monoisotopic (exact) mass is 156 g/mol. The second-order valence-corrected chi connectivity index (χ2v) is 2.46. The zero-order chi connectivity index (χ0) is 6.85. The molecule has 0 saturated carbocycles. The molecule has 46 valence electrons. The van der Waals surface area contributed by atoms with Crippen molar-refractivity contribution >= 4 is 4.31 Å². The average Bonchev–Trinajstić information content (AvgIpc) is 2.10. The van der Waals surface area contributed by atoms with Crippen LogP contribution in [0.5, 0.6) is 0 Å². The summed E-state index contributed by atoms with van der Waals surface area (Å²) in [7, 11) is 0. The molecule has 1 nitrogen and oxygen atoms in total. The Morgan fingerprint density at radius 2 is 2.22 bits per heavy atom. The first-order valence-electron chi connectivity index (χ1n) is 2.81. The minimum atomic E-state index is 0.987. The van der Waals surface area contributed by atoms with Gasteiger partial charge in [0, 0.05) is 0 Å². The van der Waals surface area contributed by atoms with Crippen LogP contribution >= 0.6 is 0 Å². The molecule has 0 bridgehead atoms. The van der Waals surface area contributed by atoms with Gasteiger partial charge in [0.15, 0.2) is 0 Å². The van der Waals surface area contributed by atoms with Gasteiger partial charge >= 0.3 is 65.7 Å². The molecular formula is C7H8OTi. The number of hydrogen-bond acceptors (Lipinski definition) is 1. The van der Waals surface area contributed by atoms with Crippen molar-refractivity contribution in [2.75, 3.05) is 0 Å². The van der Waals surface area contributed by atoms with Crippen molar-refractivity contribution in [2.24, 2.45) is 0 Å². The number of hydrogen-bond donors (Lipinski definition) is 0. The molecule has 0 fully saturated rings. The molecule has 0 radical (unpaired) electrons. The van der Waals surface area contributed by atoms with E-state index in [4.69, 9.17) is 4.42 Å². The molecule has 0 amide bonds. The van der Waals surface area contributed by atoms with E-state index >= 15 is 0 Å². The number of rotatable bonds is 1. The van der Waals surface area contributed by atoms with Crippen molar-refractivity contribution < 1.29 is 24.4 Å². The Morgan fingerprint density at radius 3 is 2.44 bits per heavy atom. The standard InChI is InChI=1S/C7H8O.Ti/c1-5-4-6(2)8-7(5)3;/h1,4H,2-3H3;. The van der Waals surface area contributed by atoms with Gasteiger partial charge in [0.25, 0.3) is 0 Å². The van der Waals surface area contributed by atoms with Gasteiger partial charge in [0.2, 0.25) is 0 Å². The van der Waals surface area contributed by atoms with Crippen LogP contribution in [0.4, 0.5) is 0 Å². The summed E-state index contributed by atoms with van der Waals surface area (Å²) in [6, 6.07) is 2.04. The molecular weight excluding hydrogens is 148 g/mol. The number of aryl methyl sites for hydroxylation is 2. The van der Waals surface area contributed by atoms with E-state index in [0.717, 1.165) is 11.5 Å². The van der Waals surface area contributed by atoms with E-state index in [1.54, 1.807) is 0 Å². The summed E-state index contributed by atoms with van der Waals surface area (Å²) in [6.45, 7) is 3.93. The van der Waals surface area contributed by atoms with E-state index < -0.39 is 0 Å². The van der Waals surface area contributed by atoms with Gasteiger partial charge in [-0.3, -0.25) is 0 Å². The van der Waals surface area contributed by atoms with E-state index in [-0.39, 0.29) is 0 Å². The maximum absolute atomic E-state index is 5.27. The Labute approximate surface area is 66.0 Å². The second-order valence-electron chi connectivity index (χ2n) is 2.01. The third-order valence-electron chi connectivity index (χ3n) is 1.23. The fourth-order valence-corrected chi connectivity index (χ4v) is 1.24. The fraction of sp³-hybridized carbons (Fsp3) is 0.286. The molecule has 0 N–H and O–H groups in total. The molecule has 9 heavy (non-hydrogen) atoms. The normalized spacial score (nSPS) is 9.44. The molecule has 1 heterocycles. The summed E-state index contributed by atoms with van der Waals surface area (Å²) >= 11 is 2.01. The van der Waals surface area contributed by atoms with Gasteiger partial charge in [0.1, 0.15) is 0 Å². The molecule has 0 aromatic carbocycles. The summed E-state index contributed by atoms with van der Waals surface area (Å²) in [4.78, 5) is 0. The van der Waals surface area contributed by atoms with Gasteiger partial charge in [-0.05, 0) is 0 Å². The van der Waals surface area contributed by atoms with Crippen molar-refractivity contribution in [1.29, 1.82) is 0 Å². The van der Waals surface area contributed by atoms with Crippen molar-refractivity contribution in [3.63, 3.8) is 0 Å². The van der Waals surface area contributed by atoms with Crippen LogP contribution in [0.1, 0.15) is 17.1 Å². The molecule has 0 aliphatic rings. The summed E-state index contributed by atoms with van der Waals surface area (Å²) in [5.41, 5.74) is 1.20. The van der Waals surface area contributed by atoms with Crippen LogP contribution in [0, 0.1) is 13.8 Å². The Balaban J connectivity index is 3.15. The van der Waals surface area contributed by atoms with Crippen molar-refractivity contribution in [3.05, 3.63) is 23.2 Å². The quantitative estimate of drug-likeness (QED) is 0.562. The molecule has 1 aromatic heterocycles. The predicted octanol–water partition coefficient (Wildman–Crippen LogP) is 1.59. The average molecular weight is 156 g/mol. The van der Waals surface area contributed by atoms with Gasteiger partial charge < -0.3 is 0 Å². The zero-order valence-corrected chi connectivity index (χ0v) is 7.12. The predicted molar refractivity (Wildman–Crippen MR) is 33.3 cm³/mol. The van der Waals surface area contributed by atoms with Gasteiger partial charge in [-0.25, -0.2) is 0 Å². The van der Waals surface area contributed by atoms with Crippen LogP contribution in [0.25, 0.3) is 0 Å². The zero-order valence-electron chi connectivity index (χ0n) is 5.56. The van der Waals surface area contributed by atoms with Crippen molar-refractivity contribution in [1.82, 2.24) is 0 Å². The first-order chi connectivity index (χ1) is 4.24. The Kier molecular flexibility index (Phi) is 2.04. The molecule has 0 aliphatic carbocycles. The molecule has 0 spiro atoms. The van der Waals surface area contributed by atoms with Crippen LogP contribution < -0.4 is 0 Å². The third kappa shape index (κ3) is 1.41. The van der Waals surface area contributed by atoms with Gasteiger partial charge in [-0.15, -0.1) is 0 Å². The molecule has 1 rings (SSSR count). The van der Waals surface area contributed by atoms with Crippen LogP contribution in [-0.4, -0.2) is 4.31 Å². The van der Waals surface area contributed by atoms with E-state index in [0.29, 0.717) is 0 Å². The van der Waals surface area contributed by atoms with Crippen LogP contribution in [0.3, 0.4) is 0 Å². The van der Waals surface area contributed by atoms with E-state index in [2.05, 4.69) is 0 Å². The Morgan fingerprint density at radius 1 is 1.56 bits per heavy atom. The summed E-state index contributed by atoms with van der Waals surface area (Å²) < 4.78 is 7.32. The minimum absolute atomic E-state index is 0.987. The SMILES string of the molecule is Cc1cc([CH]=[Ti])c(C)o1. The van der Waals surface area contributed by atoms with E-state index in [9.17, 15) is 0 Å². The molecule has 2 heteroatoms. The molecule has 0 saturated heterocycles. The fourth-order valence-electron chi connectivity index (χ4n) is 0.794. The second kappa shape index (κ2) is 2.63. The number of furan rings is 1. The summed E-state index contributed by atoms with van der Waals surface area (Å²) in [6.07, 6.45) is 0. The first kappa shape index (κ1) is 6.98. The third-order valence-corrected chi connectivity index (χ3v) is 1.72. The summed E-state index contributed by atoms with van der Waals surface area (Å²) in [5.74, 6) is 2.00.